The molecule has 2 atom stereocenters. The minimum absolute atomic E-state index is 0.0626. The third-order valence-electron chi connectivity index (χ3n) is 12.9. The van der Waals surface area contributed by atoms with E-state index in [4.69, 9.17) is 24.7 Å². The molecule has 0 amide bonds. The Balaban J connectivity index is 1.27. The maximum absolute atomic E-state index is 7.69. The highest BCUT2D eigenvalue weighted by atomic mass is 16.5. The van der Waals surface area contributed by atoms with Crippen LogP contribution in [0, 0.1) is 23.7 Å². The molecule has 2 aliphatic carbocycles. The maximum Gasteiger partial charge on any atom is 0.0885 e. The first-order valence-electron chi connectivity index (χ1n) is 22.6. The molecule has 2 heterocycles. The average molecular weight is 743 g/mol. The van der Waals surface area contributed by atoms with Gasteiger partial charge < -0.3 is 4.74 Å². The van der Waals surface area contributed by atoms with Gasteiger partial charge in [-0.3, -0.25) is 19.9 Å². The van der Waals surface area contributed by atoms with Crippen molar-refractivity contribution in [3.05, 3.63) is 95.8 Å². The number of benzene rings is 2. The van der Waals surface area contributed by atoms with Crippen LogP contribution in [-0.4, -0.2) is 19.9 Å². The first-order valence-corrected chi connectivity index (χ1v) is 22.6. The van der Waals surface area contributed by atoms with Crippen molar-refractivity contribution < 1.29 is 4.74 Å². The zero-order valence-electron chi connectivity index (χ0n) is 34.7. The van der Waals surface area contributed by atoms with E-state index in [1.165, 1.54) is 114 Å². The molecule has 5 heteroatoms. The van der Waals surface area contributed by atoms with Gasteiger partial charge in [0, 0.05) is 23.5 Å². The van der Waals surface area contributed by atoms with Crippen molar-refractivity contribution in [2.24, 2.45) is 23.7 Å². The zero-order chi connectivity index (χ0) is 38.2. The van der Waals surface area contributed by atoms with Crippen molar-refractivity contribution in [1.82, 2.24) is 19.9 Å². The van der Waals surface area contributed by atoms with Crippen LogP contribution in [0.5, 0.6) is 0 Å². The standard InChI is InChI=1S/C50H70N4O/c1-5-9-11-15-37-17-21-41(22-18-37)49(43-29-25-39(26-30-43)47-35-51-45(13-7-3)33-53-47)55-50(42-23-19-38(20-24-42)16-12-10-6-2)44-31-27-40(28-32-44)48-36-52-46(14-8-4)34-54-48/h25-38,41-42,49-50H,5-24H2,1-4H3/t37-,38-,41-,42-,49?,50?. The van der Waals surface area contributed by atoms with Gasteiger partial charge in [-0.1, -0.05) is 166 Å². The van der Waals surface area contributed by atoms with Gasteiger partial charge in [-0.15, -0.1) is 0 Å². The average Bonchev–Trinajstić information content (AvgIpc) is 3.23. The van der Waals surface area contributed by atoms with E-state index in [1.807, 2.05) is 24.8 Å². The van der Waals surface area contributed by atoms with Crippen molar-refractivity contribution in [1.29, 1.82) is 0 Å². The van der Waals surface area contributed by atoms with E-state index in [1.54, 1.807) is 0 Å². The summed E-state index contributed by atoms with van der Waals surface area (Å²) in [6.07, 6.45) is 33.2. The van der Waals surface area contributed by atoms with Crippen LogP contribution in [0.4, 0.5) is 0 Å². The Labute approximate surface area is 334 Å². The van der Waals surface area contributed by atoms with Gasteiger partial charge in [0.2, 0.25) is 0 Å². The van der Waals surface area contributed by atoms with Crippen LogP contribution in [0.3, 0.4) is 0 Å². The molecule has 4 aromatic rings. The molecular formula is C50H70N4O. The van der Waals surface area contributed by atoms with Crippen molar-refractivity contribution in [2.75, 3.05) is 0 Å². The minimum atomic E-state index is 0.0626. The van der Waals surface area contributed by atoms with Crippen molar-refractivity contribution in [2.45, 2.75) is 168 Å². The third-order valence-corrected chi connectivity index (χ3v) is 12.9. The Bertz CT molecular complexity index is 1510. The Morgan fingerprint density at radius 1 is 0.473 bits per heavy atom. The summed E-state index contributed by atoms with van der Waals surface area (Å²) in [6.45, 7) is 9.01. The smallest absolute Gasteiger partial charge is 0.0885 e. The molecule has 296 valence electrons. The van der Waals surface area contributed by atoms with Gasteiger partial charge in [-0.25, -0.2) is 0 Å². The topological polar surface area (TPSA) is 60.8 Å². The summed E-state index contributed by atoms with van der Waals surface area (Å²) in [5.74, 6) is 2.77. The highest BCUT2D eigenvalue weighted by Gasteiger charge is 2.36. The normalized spacial score (nSPS) is 21.3. The van der Waals surface area contributed by atoms with Gasteiger partial charge in [0.15, 0.2) is 0 Å². The number of aryl methyl sites for hydroxylation is 2. The van der Waals surface area contributed by atoms with E-state index in [2.05, 4.69) is 76.2 Å². The second-order valence-corrected chi connectivity index (χ2v) is 17.1. The summed E-state index contributed by atoms with van der Waals surface area (Å²) in [4.78, 5) is 19.0. The summed E-state index contributed by atoms with van der Waals surface area (Å²) >= 11 is 0. The summed E-state index contributed by atoms with van der Waals surface area (Å²) in [5, 5.41) is 0. The van der Waals surface area contributed by atoms with Gasteiger partial charge in [0.05, 0.1) is 47.4 Å². The van der Waals surface area contributed by atoms with Crippen molar-refractivity contribution in [3.8, 4) is 22.5 Å². The number of ether oxygens (including phenoxy) is 1. The Morgan fingerprint density at radius 3 is 1.20 bits per heavy atom. The van der Waals surface area contributed by atoms with E-state index in [0.29, 0.717) is 11.8 Å². The van der Waals surface area contributed by atoms with Gasteiger partial charge in [-0.2, -0.15) is 0 Å². The van der Waals surface area contributed by atoms with Gasteiger partial charge in [-0.05, 0) is 73.3 Å². The highest BCUT2D eigenvalue weighted by Crippen LogP contribution is 2.47. The quantitative estimate of drug-likeness (QED) is 0.0844. The first-order chi connectivity index (χ1) is 27.1. The zero-order valence-corrected chi connectivity index (χ0v) is 34.7. The van der Waals surface area contributed by atoms with Crippen LogP contribution in [0.2, 0.25) is 0 Å². The number of nitrogens with zero attached hydrogens (tertiary/aromatic N) is 4. The van der Waals surface area contributed by atoms with Crippen LogP contribution in [0.25, 0.3) is 22.5 Å². The molecule has 6 rings (SSSR count). The fourth-order valence-corrected chi connectivity index (χ4v) is 9.47. The number of aromatic nitrogens is 4. The molecule has 2 aliphatic rings. The molecule has 0 radical (unpaired) electrons. The molecule has 2 unspecified atom stereocenters. The highest BCUT2D eigenvalue weighted by molar-refractivity contribution is 5.59. The van der Waals surface area contributed by atoms with Crippen LogP contribution in [-0.2, 0) is 17.6 Å². The summed E-state index contributed by atoms with van der Waals surface area (Å²) in [6, 6.07) is 18.4. The molecule has 0 N–H and O–H groups in total. The van der Waals surface area contributed by atoms with Gasteiger partial charge in [0.25, 0.3) is 0 Å². The van der Waals surface area contributed by atoms with Crippen LogP contribution in [0.15, 0.2) is 73.3 Å². The van der Waals surface area contributed by atoms with E-state index in [9.17, 15) is 0 Å². The molecule has 2 aromatic heterocycles. The molecule has 2 aromatic carbocycles. The van der Waals surface area contributed by atoms with Crippen LogP contribution in [0.1, 0.15) is 178 Å². The number of unbranched alkanes of at least 4 members (excludes halogenated alkanes) is 4. The second-order valence-electron chi connectivity index (χ2n) is 17.1. The molecule has 0 bridgehead atoms. The van der Waals surface area contributed by atoms with E-state index >= 15 is 0 Å². The van der Waals surface area contributed by atoms with Gasteiger partial charge in [0.1, 0.15) is 0 Å². The Morgan fingerprint density at radius 2 is 0.873 bits per heavy atom. The molecule has 0 aliphatic heterocycles. The van der Waals surface area contributed by atoms with Crippen LogP contribution < -0.4 is 0 Å². The minimum Gasteiger partial charge on any atom is -0.365 e. The third kappa shape index (κ3) is 11.8. The molecule has 0 saturated heterocycles. The largest absolute Gasteiger partial charge is 0.365 e. The lowest BCUT2D eigenvalue weighted by Crippen LogP contribution is -2.28. The first kappa shape index (κ1) is 41.2. The maximum atomic E-state index is 7.69. The summed E-state index contributed by atoms with van der Waals surface area (Å²) in [7, 11) is 0. The lowest BCUT2D eigenvalue weighted by Gasteiger charge is -2.40. The van der Waals surface area contributed by atoms with Crippen LogP contribution >= 0.6 is 0 Å². The second kappa shape index (κ2) is 21.8. The molecule has 5 nitrogen and oxygen atoms in total. The van der Waals surface area contributed by atoms with E-state index in [-0.39, 0.29) is 12.2 Å². The summed E-state index contributed by atoms with van der Waals surface area (Å²) < 4.78 is 7.69. The Hall–Kier alpha value is -3.44. The fourth-order valence-electron chi connectivity index (χ4n) is 9.47. The van der Waals surface area contributed by atoms with E-state index in [0.717, 1.165) is 71.4 Å². The molecule has 2 fully saturated rings. The molecule has 0 spiro atoms. The van der Waals surface area contributed by atoms with E-state index < -0.39 is 0 Å². The fraction of sp³-hybridized carbons (Fsp3) is 0.600. The predicted octanol–water partition coefficient (Wildman–Crippen LogP) is 14.1. The lowest BCUT2D eigenvalue weighted by molar-refractivity contribution is -0.0907. The number of hydrogen-bond donors (Lipinski definition) is 0. The molecule has 2 saturated carbocycles. The molecule has 55 heavy (non-hydrogen) atoms. The predicted molar refractivity (Wildman–Crippen MR) is 229 cm³/mol. The van der Waals surface area contributed by atoms with Gasteiger partial charge >= 0.3 is 0 Å². The number of rotatable bonds is 20. The molecular weight excluding hydrogens is 673 g/mol. The van der Waals surface area contributed by atoms with Crippen molar-refractivity contribution in [3.63, 3.8) is 0 Å². The number of hydrogen-bond acceptors (Lipinski definition) is 5. The summed E-state index contributed by atoms with van der Waals surface area (Å²) in [5.41, 5.74) is 8.87. The monoisotopic (exact) mass is 743 g/mol. The Kier molecular flexibility index (Phi) is 16.3. The van der Waals surface area contributed by atoms with Crippen molar-refractivity contribution >= 4 is 0 Å². The SMILES string of the molecule is CCCCC[C@H]1CC[C@H](C(OC(c2ccc(-c3cnc(CCC)cn3)cc2)[C@H]2CC[C@H](CCCCC)CC2)c2ccc(-c3cnc(CCC)cn3)cc2)CC1. The lowest BCUT2D eigenvalue weighted by atomic mass is 9.74.